The van der Waals surface area contributed by atoms with Crippen LogP contribution in [-0.4, -0.2) is 0 Å². The summed E-state index contributed by atoms with van der Waals surface area (Å²) in [6.07, 6.45) is 0.675. The van der Waals surface area contributed by atoms with E-state index in [0.29, 0.717) is 11.5 Å². The van der Waals surface area contributed by atoms with Gasteiger partial charge >= 0.3 is 0 Å². The maximum atomic E-state index is 13.5. The van der Waals surface area contributed by atoms with Gasteiger partial charge in [-0.2, -0.15) is 8.78 Å². The third-order valence-electron chi connectivity index (χ3n) is 2.41. The minimum Gasteiger partial charge on any atom is -0.197 e. The smallest absolute Gasteiger partial charge is 0.197 e. The number of fused-ring (bicyclic) bond motifs is 1. The summed E-state index contributed by atoms with van der Waals surface area (Å²) < 4.78 is 27.0. The average molecular weight is 204 g/mol. The predicted octanol–water partition coefficient (Wildman–Crippen LogP) is 4.12. The van der Waals surface area contributed by atoms with Gasteiger partial charge in [-0.05, 0) is 16.8 Å². The third kappa shape index (κ3) is 1.63. The second-order valence-electron chi connectivity index (χ2n) is 3.35. The number of halogens is 2. The molecule has 0 heterocycles. The first-order valence-electron chi connectivity index (χ1n) is 4.65. The Morgan fingerprint density at radius 1 is 1.00 bits per heavy atom. The second kappa shape index (κ2) is 3.46. The number of rotatable bonds is 2. The van der Waals surface area contributed by atoms with Gasteiger partial charge in [-0.15, -0.1) is 0 Å². The molecule has 0 unspecified atom stereocenters. The predicted molar refractivity (Wildman–Crippen MR) is 58.0 cm³/mol. The summed E-state index contributed by atoms with van der Waals surface area (Å²) in [6.45, 7) is 3.17. The molecule has 2 heteroatoms. The molecular weight excluding hydrogens is 194 g/mol. The molecule has 0 aliphatic carbocycles. The maximum absolute atomic E-state index is 13.5. The summed E-state index contributed by atoms with van der Waals surface area (Å²) in [6, 6.07) is 12.0. The molecule has 2 aromatic rings. The lowest BCUT2D eigenvalue weighted by Gasteiger charge is -2.14. The monoisotopic (exact) mass is 204 g/mol. The molecule has 0 fully saturated rings. The molecule has 0 aliphatic rings. The molecule has 0 N–H and O–H groups in total. The van der Waals surface area contributed by atoms with E-state index in [2.05, 4.69) is 6.58 Å². The van der Waals surface area contributed by atoms with Crippen LogP contribution in [-0.2, 0) is 5.92 Å². The fourth-order valence-electron chi connectivity index (χ4n) is 1.63. The van der Waals surface area contributed by atoms with E-state index in [1.54, 1.807) is 18.2 Å². The zero-order valence-corrected chi connectivity index (χ0v) is 8.08. The Kier molecular flexibility index (Phi) is 2.27. The summed E-state index contributed by atoms with van der Waals surface area (Å²) in [4.78, 5) is 0. The first kappa shape index (κ1) is 9.84. The summed E-state index contributed by atoms with van der Waals surface area (Å²) >= 11 is 0. The van der Waals surface area contributed by atoms with Crippen LogP contribution in [0.1, 0.15) is 5.56 Å². The van der Waals surface area contributed by atoms with E-state index in [1.807, 2.05) is 18.2 Å². The highest BCUT2D eigenvalue weighted by Crippen LogP contribution is 2.34. The van der Waals surface area contributed by atoms with Gasteiger partial charge < -0.3 is 0 Å². The number of alkyl halides is 2. The van der Waals surface area contributed by atoms with Crippen LogP contribution in [0.4, 0.5) is 8.78 Å². The molecule has 2 aromatic carbocycles. The van der Waals surface area contributed by atoms with Crippen molar-refractivity contribution in [2.75, 3.05) is 0 Å². The van der Waals surface area contributed by atoms with Gasteiger partial charge in [-0.3, -0.25) is 0 Å². The van der Waals surface area contributed by atoms with E-state index < -0.39 is 5.92 Å². The highest BCUT2D eigenvalue weighted by molar-refractivity contribution is 5.86. The van der Waals surface area contributed by atoms with Gasteiger partial charge in [0, 0.05) is 5.56 Å². The Morgan fingerprint density at radius 2 is 1.67 bits per heavy atom. The van der Waals surface area contributed by atoms with Crippen molar-refractivity contribution in [1.29, 1.82) is 0 Å². The maximum Gasteiger partial charge on any atom is 0.292 e. The van der Waals surface area contributed by atoms with Crippen LogP contribution in [0.3, 0.4) is 0 Å². The average Bonchev–Trinajstić information content (AvgIpc) is 2.28. The number of benzene rings is 2. The Morgan fingerprint density at radius 3 is 2.40 bits per heavy atom. The topological polar surface area (TPSA) is 0 Å². The highest BCUT2D eigenvalue weighted by atomic mass is 19.3. The van der Waals surface area contributed by atoms with Gasteiger partial charge in [0.2, 0.25) is 0 Å². The van der Waals surface area contributed by atoms with Gasteiger partial charge in [-0.25, -0.2) is 0 Å². The van der Waals surface area contributed by atoms with Gasteiger partial charge in [0.1, 0.15) is 0 Å². The van der Waals surface area contributed by atoms with Crippen molar-refractivity contribution in [3.05, 3.63) is 60.7 Å². The first-order valence-corrected chi connectivity index (χ1v) is 4.65. The molecule has 0 radical (unpaired) electrons. The largest absolute Gasteiger partial charge is 0.292 e. The number of allylic oxidation sites excluding steroid dienone is 1. The molecule has 76 valence electrons. The van der Waals surface area contributed by atoms with Crippen molar-refractivity contribution in [3.8, 4) is 0 Å². The molecule has 0 saturated carbocycles. The second-order valence-corrected chi connectivity index (χ2v) is 3.35. The zero-order chi connectivity index (χ0) is 10.9. The van der Waals surface area contributed by atoms with E-state index in [1.165, 1.54) is 6.07 Å². The van der Waals surface area contributed by atoms with E-state index in [4.69, 9.17) is 0 Å². The Bertz CT molecular complexity index is 495. The highest BCUT2D eigenvalue weighted by Gasteiger charge is 2.28. The molecule has 0 atom stereocenters. The van der Waals surface area contributed by atoms with Gasteiger partial charge in [0.05, 0.1) is 0 Å². The van der Waals surface area contributed by atoms with Crippen molar-refractivity contribution < 1.29 is 8.78 Å². The van der Waals surface area contributed by atoms with Crippen LogP contribution >= 0.6 is 0 Å². The molecule has 0 aromatic heterocycles. The molecule has 0 nitrogen and oxygen atoms in total. The first-order chi connectivity index (χ1) is 7.15. The van der Waals surface area contributed by atoms with E-state index in [0.717, 1.165) is 5.39 Å². The SMILES string of the molecule is C=CC(F)(F)c1cccc2ccccc12. The lowest BCUT2D eigenvalue weighted by atomic mass is 10.00. The lowest BCUT2D eigenvalue weighted by Crippen LogP contribution is -2.09. The van der Waals surface area contributed by atoms with Crippen molar-refractivity contribution in [2.24, 2.45) is 0 Å². The Hall–Kier alpha value is -1.70. The van der Waals surface area contributed by atoms with Crippen LogP contribution in [0, 0.1) is 0 Å². The number of hydrogen-bond acceptors (Lipinski definition) is 0. The molecule has 15 heavy (non-hydrogen) atoms. The quantitative estimate of drug-likeness (QED) is 0.645. The van der Waals surface area contributed by atoms with Crippen LogP contribution < -0.4 is 0 Å². The van der Waals surface area contributed by atoms with Crippen molar-refractivity contribution >= 4 is 10.8 Å². The van der Waals surface area contributed by atoms with E-state index in [9.17, 15) is 8.78 Å². The fourth-order valence-corrected chi connectivity index (χ4v) is 1.63. The number of hydrogen-bond donors (Lipinski definition) is 0. The zero-order valence-electron chi connectivity index (χ0n) is 8.08. The molecule has 0 aliphatic heterocycles. The van der Waals surface area contributed by atoms with Crippen LogP contribution in [0.2, 0.25) is 0 Å². The van der Waals surface area contributed by atoms with E-state index >= 15 is 0 Å². The van der Waals surface area contributed by atoms with Crippen LogP contribution in [0.25, 0.3) is 10.8 Å². The van der Waals surface area contributed by atoms with Gasteiger partial charge in [0.25, 0.3) is 5.92 Å². The Balaban J connectivity index is 2.76. The minimum atomic E-state index is -2.97. The van der Waals surface area contributed by atoms with Gasteiger partial charge in [0.15, 0.2) is 0 Å². The standard InChI is InChI=1S/C13H10F2/c1-2-13(14,15)12-9-5-7-10-6-3-4-8-11(10)12/h2-9H,1H2. The summed E-state index contributed by atoms with van der Waals surface area (Å²) in [5.41, 5.74) is 0.00981. The summed E-state index contributed by atoms with van der Waals surface area (Å²) in [5, 5.41) is 1.39. The minimum absolute atomic E-state index is 0.00981. The van der Waals surface area contributed by atoms with Crippen molar-refractivity contribution in [2.45, 2.75) is 5.92 Å². The lowest BCUT2D eigenvalue weighted by molar-refractivity contribution is 0.0542. The normalized spacial score (nSPS) is 11.6. The fraction of sp³-hybridized carbons (Fsp3) is 0.0769. The third-order valence-corrected chi connectivity index (χ3v) is 2.41. The molecular formula is C13H10F2. The van der Waals surface area contributed by atoms with E-state index in [-0.39, 0.29) is 5.56 Å². The van der Waals surface area contributed by atoms with Gasteiger partial charge in [-0.1, -0.05) is 49.0 Å². The molecule has 0 spiro atoms. The molecule has 0 amide bonds. The molecule has 2 rings (SSSR count). The summed E-state index contributed by atoms with van der Waals surface area (Å²) in [5.74, 6) is -2.97. The van der Waals surface area contributed by atoms with Crippen LogP contribution in [0.15, 0.2) is 55.1 Å². The molecule has 0 saturated heterocycles. The van der Waals surface area contributed by atoms with Crippen LogP contribution in [0.5, 0.6) is 0 Å². The summed E-state index contributed by atoms with van der Waals surface area (Å²) in [7, 11) is 0. The van der Waals surface area contributed by atoms with Crippen molar-refractivity contribution in [1.82, 2.24) is 0 Å². The molecule has 0 bridgehead atoms. The Labute approximate surface area is 86.8 Å². The van der Waals surface area contributed by atoms with Crippen molar-refractivity contribution in [3.63, 3.8) is 0 Å².